The molecule has 0 saturated heterocycles. The molecule has 0 spiro atoms. The van der Waals surface area contributed by atoms with Crippen LogP contribution in [-0.2, 0) is 14.6 Å². The number of amides is 1. The summed E-state index contributed by atoms with van der Waals surface area (Å²) < 4.78 is 22.5. The fourth-order valence-electron chi connectivity index (χ4n) is 1.00. The Morgan fingerprint density at radius 3 is 2.50 bits per heavy atom. The van der Waals surface area contributed by atoms with Gasteiger partial charge < -0.3 is 5.32 Å². The van der Waals surface area contributed by atoms with Crippen molar-refractivity contribution in [3.63, 3.8) is 0 Å². The molecule has 1 rings (SSSR count). The molecule has 0 radical (unpaired) electrons. The lowest BCUT2D eigenvalue weighted by Gasteiger charge is -2.06. The molecule has 1 aromatic rings. The number of sulfone groups is 1. The molecule has 4 nitrogen and oxygen atoms in total. The number of benzene rings is 1. The first-order valence-corrected chi connectivity index (χ1v) is 6.96. The van der Waals surface area contributed by atoms with Crippen molar-refractivity contribution in [1.82, 2.24) is 0 Å². The summed E-state index contributed by atoms with van der Waals surface area (Å²) in [6.07, 6.45) is 1.08. The van der Waals surface area contributed by atoms with Gasteiger partial charge in [0.25, 0.3) is 5.91 Å². The number of hydrogen-bond donors (Lipinski definition) is 1. The fraction of sp³-hybridized carbons (Fsp3) is 0.222. The van der Waals surface area contributed by atoms with Crippen LogP contribution in [0.15, 0.2) is 29.2 Å². The monoisotopic (exact) mass is 281 g/mol. The predicted molar refractivity (Wildman–Crippen MR) is 63.7 cm³/mol. The molecule has 0 aliphatic rings. The Morgan fingerprint density at radius 2 is 2.00 bits per heavy atom. The molecule has 0 saturated carbocycles. The van der Waals surface area contributed by atoms with Crippen LogP contribution in [-0.4, -0.2) is 25.4 Å². The average molecular weight is 282 g/mol. The Hall–Kier alpha value is -0.780. The van der Waals surface area contributed by atoms with E-state index in [4.69, 9.17) is 23.2 Å². The van der Waals surface area contributed by atoms with E-state index in [-0.39, 0.29) is 4.90 Å². The van der Waals surface area contributed by atoms with E-state index in [9.17, 15) is 13.2 Å². The predicted octanol–water partition coefficient (Wildman–Crippen LogP) is 1.83. The molecule has 0 unspecified atom stereocenters. The quantitative estimate of drug-likeness (QED) is 0.860. The van der Waals surface area contributed by atoms with Crippen molar-refractivity contribution in [2.45, 2.75) is 9.73 Å². The van der Waals surface area contributed by atoms with Crippen LogP contribution < -0.4 is 5.32 Å². The van der Waals surface area contributed by atoms with Gasteiger partial charge >= 0.3 is 0 Å². The van der Waals surface area contributed by atoms with Crippen LogP contribution in [0.1, 0.15) is 0 Å². The molecule has 0 aliphatic heterocycles. The Bertz CT molecular complexity index is 499. The van der Waals surface area contributed by atoms with E-state index in [1.165, 1.54) is 18.2 Å². The van der Waals surface area contributed by atoms with E-state index < -0.39 is 20.6 Å². The van der Waals surface area contributed by atoms with Crippen molar-refractivity contribution >= 4 is 44.6 Å². The summed E-state index contributed by atoms with van der Waals surface area (Å²) in [7, 11) is -3.30. The second-order valence-electron chi connectivity index (χ2n) is 3.09. The summed E-state index contributed by atoms with van der Waals surface area (Å²) in [4.78, 5) is 10.1. The van der Waals surface area contributed by atoms with Crippen LogP contribution in [0.3, 0.4) is 0 Å². The van der Waals surface area contributed by atoms with Gasteiger partial charge in [0, 0.05) is 11.9 Å². The van der Waals surface area contributed by atoms with Crippen molar-refractivity contribution in [3.05, 3.63) is 24.3 Å². The van der Waals surface area contributed by atoms with Gasteiger partial charge in [0.15, 0.2) is 14.7 Å². The zero-order chi connectivity index (χ0) is 12.3. The number of hydrogen-bond acceptors (Lipinski definition) is 3. The Kier molecular flexibility index (Phi) is 4.18. The summed E-state index contributed by atoms with van der Waals surface area (Å²) in [5.74, 6) is -0.603. The molecule has 88 valence electrons. The molecule has 1 N–H and O–H groups in total. The normalized spacial score (nSPS) is 11.5. The maximum Gasteiger partial charge on any atom is 0.257 e. The van der Waals surface area contributed by atoms with Crippen LogP contribution in [0.5, 0.6) is 0 Å². The molecule has 0 heterocycles. The number of alkyl halides is 2. The minimum absolute atomic E-state index is 0.117. The van der Waals surface area contributed by atoms with Gasteiger partial charge in [-0.15, -0.1) is 0 Å². The molecule has 0 aliphatic carbocycles. The van der Waals surface area contributed by atoms with Crippen molar-refractivity contribution in [1.29, 1.82) is 0 Å². The first-order valence-electron chi connectivity index (χ1n) is 4.20. The smallest absolute Gasteiger partial charge is 0.257 e. The lowest BCUT2D eigenvalue weighted by atomic mass is 10.3. The Balaban J connectivity index is 2.96. The highest BCUT2D eigenvalue weighted by Gasteiger charge is 2.13. The number of carbonyl (C=O) groups is 1. The van der Waals surface area contributed by atoms with Crippen LogP contribution in [0.25, 0.3) is 0 Å². The van der Waals surface area contributed by atoms with Crippen molar-refractivity contribution in [2.75, 3.05) is 11.6 Å². The molecule has 0 atom stereocenters. The van der Waals surface area contributed by atoms with Gasteiger partial charge in [-0.25, -0.2) is 8.42 Å². The molecule has 7 heteroatoms. The highest BCUT2D eigenvalue weighted by atomic mass is 35.5. The molecular weight excluding hydrogens is 273 g/mol. The SMILES string of the molecule is CS(=O)(=O)c1cccc(NC(=O)C(Cl)Cl)c1. The van der Waals surface area contributed by atoms with Crippen molar-refractivity contribution in [2.24, 2.45) is 0 Å². The number of nitrogens with one attached hydrogen (secondary N) is 1. The van der Waals surface area contributed by atoms with Gasteiger partial charge in [-0.1, -0.05) is 29.3 Å². The van der Waals surface area contributed by atoms with Crippen LogP contribution >= 0.6 is 23.2 Å². The van der Waals surface area contributed by atoms with E-state index >= 15 is 0 Å². The first kappa shape index (κ1) is 13.3. The average Bonchev–Trinajstić information content (AvgIpc) is 2.16. The van der Waals surface area contributed by atoms with Crippen LogP contribution in [0, 0.1) is 0 Å². The van der Waals surface area contributed by atoms with E-state index in [0.29, 0.717) is 5.69 Å². The second-order valence-corrected chi connectivity index (χ2v) is 6.20. The summed E-state index contributed by atoms with van der Waals surface area (Å²) in [6, 6.07) is 5.83. The number of carbonyl (C=O) groups excluding carboxylic acids is 1. The molecule has 1 aromatic carbocycles. The zero-order valence-corrected chi connectivity index (χ0v) is 10.6. The third kappa shape index (κ3) is 3.66. The number of anilines is 1. The van der Waals surface area contributed by atoms with Gasteiger partial charge in [0.1, 0.15) is 0 Å². The molecule has 0 aromatic heterocycles. The summed E-state index contributed by atoms with van der Waals surface area (Å²) in [6.45, 7) is 0. The third-order valence-corrected chi connectivity index (χ3v) is 3.23. The molecule has 0 bridgehead atoms. The fourth-order valence-corrected chi connectivity index (χ4v) is 1.78. The molecule has 0 fully saturated rings. The van der Waals surface area contributed by atoms with Gasteiger partial charge in [0.2, 0.25) is 0 Å². The first-order chi connectivity index (χ1) is 7.30. The second kappa shape index (κ2) is 5.03. The van der Waals surface area contributed by atoms with Gasteiger partial charge in [0.05, 0.1) is 4.90 Å². The third-order valence-electron chi connectivity index (χ3n) is 1.73. The van der Waals surface area contributed by atoms with E-state index in [2.05, 4.69) is 5.32 Å². The number of rotatable bonds is 3. The summed E-state index contributed by atoms with van der Waals surface area (Å²) in [5.41, 5.74) is 0.333. The van der Waals surface area contributed by atoms with E-state index in [1.54, 1.807) is 6.07 Å². The van der Waals surface area contributed by atoms with Crippen molar-refractivity contribution in [3.8, 4) is 0 Å². The molecule has 16 heavy (non-hydrogen) atoms. The Morgan fingerprint density at radius 1 is 1.38 bits per heavy atom. The van der Waals surface area contributed by atoms with E-state index in [1.807, 2.05) is 0 Å². The maximum atomic E-state index is 11.2. The zero-order valence-electron chi connectivity index (χ0n) is 8.28. The standard InChI is InChI=1S/C9H9Cl2NO3S/c1-16(14,15)7-4-2-3-6(5-7)12-9(13)8(10)11/h2-5,8H,1H3,(H,12,13). The van der Waals surface area contributed by atoms with Crippen LogP contribution in [0.2, 0.25) is 0 Å². The van der Waals surface area contributed by atoms with Gasteiger partial charge in [-0.05, 0) is 18.2 Å². The topological polar surface area (TPSA) is 63.2 Å². The van der Waals surface area contributed by atoms with E-state index in [0.717, 1.165) is 6.26 Å². The lowest BCUT2D eigenvalue weighted by molar-refractivity contribution is -0.114. The van der Waals surface area contributed by atoms with Crippen molar-refractivity contribution < 1.29 is 13.2 Å². The molecule has 1 amide bonds. The van der Waals surface area contributed by atoms with Gasteiger partial charge in [-0.2, -0.15) is 0 Å². The maximum absolute atomic E-state index is 11.2. The van der Waals surface area contributed by atoms with Gasteiger partial charge in [-0.3, -0.25) is 4.79 Å². The Labute approximate surface area is 103 Å². The highest BCUT2D eigenvalue weighted by Crippen LogP contribution is 2.16. The summed E-state index contributed by atoms with van der Waals surface area (Å²) >= 11 is 10.7. The number of halogens is 2. The minimum atomic E-state index is -3.30. The molecular formula is C9H9Cl2NO3S. The minimum Gasteiger partial charge on any atom is -0.324 e. The lowest BCUT2D eigenvalue weighted by Crippen LogP contribution is -2.18. The van der Waals surface area contributed by atoms with Crippen LogP contribution in [0.4, 0.5) is 5.69 Å². The highest BCUT2D eigenvalue weighted by molar-refractivity contribution is 7.90. The summed E-state index contributed by atoms with van der Waals surface area (Å²) in [5, 5.41) is 2.39. The largest absolute Gasteiger partial charge is 0.324 e.